The highest BCUT2D eigenvalue weighted by Gasteiger charge is 2.27. The molecular formula is C12H21NO5S. The molecule has 0 N–H and O–H groups in total. The van der Waals surface area contributed by atoms with Crippen LogP contribution >= 0.6 is 0 Å². The Morgan fingerprint density at radius 3 is 2.32 bits per heavy atom. The molecule has 0 aromatic heterocycles. The summed E-state index contributed by atoms with van der Waals surface area (Å²) in [5.74, 6) is -0.335. The van der Waals surface area contributed by atoms with Gasteiger partial charge in [0.05, 0.1) is 18.8 Å². The van der Waals surface area contributed by atoms with Gasteiger partial charge < -0.3 is 9.64 Å². The third-order valence-corrected chi connectivity index (χ3v) is 4.32. The van der Waals surface area contributed by atoms with Crippen LogP contribution in [0, 0.1) is 5.92 Å². The summed E-state index contributed by atoms with van der Waals surface area (Å²) < 4.78 is 26.6. The van der Waals surface area contributed by atoms with Crippen molar-refractivity contribution >= 4 is 21.7 Å². The first-order chi connectivity index (χ1) is 8.83. The lowest BCUT2D eigenvalue weighted by molar-refractivity contribution is -0.148. The smallest absolute Gasteiger partial charge is 0.308 e. The molecule has 1 saturated heterocycles. The molecule has 0 radical (unpaired) electrons. The lowest BCUT2D eigenvalue weighted by Crippen LogP contribution is -2.40. The van der Waals surface area contributed by atoms with Gasteiger partial charge in [-0.1, -0.05) is 0 Å². The summed E-state index contributed by atoms with van der Waals surface area (Å²) in [6, 6.07) is 0. The number of esters is 1. The third-order valence-electron chi connectivity index (χ3n) is 3.29. The molecule has 0 spiro atoms. The first-order valence-electron chi connectivity index (χ1n) is 6.37. The van der Waals surface area contributed by atoms with E-state index in [-0.39, 0.29) is 30.0 Å². The maximum atomic E-state index is 11.8. The Balaban J connectivity index is 2.31. The molecule has 0 bridgehead atoms. The summed E-state index contributed by atoms with van der Waals surface area (Å²) in [5, 5.41) is 0. The third kappa shape index (κ3) is 5.59. The minimum absolute atomic E-state index is 0.0352. The van der Waals surface area contributed by atoms with Crippen molar-refractivity contribution in [3.63, 3.8) is 0 Å². The molecule has 110 valence electrons. The number of ether oxygens (including phenoxy) is 1. The molecule has 19 heavy (non-hydrogen) atoms. The van der Waals surface area contributed by atoms with Gasteiger partial charge in [0.2, 0.25) is 5.91 Å². The highest BCUT2D eigenvalue weighted by atomic mass is 32.2. The van der Waals surface area contributed by atoms with Crippen LogP contribution in [-0.4, -0.2) is 57.4 Å². The van der Waals surface area contributed by atoms with Gasteiger partial charge in [-0.15, -0.1) is 0 Å². The summed E-state index contributed by atoms with van der Waals surface area (Å²) in [6.45, 7) is 1.08. The number of methoxy groups -OCH3 is 1. The zero-order valence-corrected chi connectivity index (χ0v) is 12.2. The maximum Gasteiger partial charge on any atom is 0.308 e. The second-order valence-corrected chi connectivity index (χ2v) is 7.17. The fourth-order valence-corrected chi connectivity index (χ4v) is 2.84. The van der Waals surface area contributed by atoms with Crippen molar-refractivity contribution < 1.29 is 22.7 Å². The zero-order chi connectivity index (χ0) is 14.5. The van der Waals surface area contributed by atoms with E-state index >= 15 is 0 Å². The van der Waals surface area contributed by atoms with Crippen molar-refractivity contribution in [1.29, 1.82) is 0 Å². The van der Waals surface area contributed by atoms with Crippen LogP contribution in [0.4, 0.5) is 0 Å². The molecule has 0 aliphatic carbocycles. The molecule has 7 heteroatoms. The molecule has 0 aromatic carbocycles. The maximum absolute atomic E-state index is 11.8. The first-order valence-corrected chi connectivity index (χ1v) is 8.43. The summed E-state index contributed by atoms with van der Waals surface area (Å²) in [4.78, 5) is 24.9. The van der Waals surface area contributed by atoms with Crippen molar-refractivity contribution in [2.45, 2.75) is 25.7 Å². The normalized spacial score (nSPS) is 17.3. The molecule has 0 atom stereocenters. The Morgan fingerprint density at radius 1 is 1.26 bits per heavy atom. The number of sulfone groups is 1. The minimum atomic E-state index is -3.01. The van der Waals surface area contributed by atoms with Crippen molar-refractivity contribution in [2.75, 3.05) is 32.2 Å². The van der Waals surface area contributed by atoms with Gasteiger partial charge in [-0.2, -0.15) is 0 Å². The van der Waals surface area contributed by atoms with Crippen LogP contribution in [0.15, 0.2) is 0 Å². The Hall–Kier alpha value is -1.11. The van der Waals surface area contributed by atoms with Crippen molar-refractivity contribution in [2.24, 2.45) is 5.92 Å². The fourth-order valence-electron chi connectivity index (χ4n) is 2.17. The minimum Gasteiger partial charge on any atom is -0.469 e. The van der Waals surface area contributed by atoms with Gasteiger partial charge in [0.1, 0.15) is 9.84 Å². The van der Waals surface area contributed by atoms with Crippen LogP contribution in [0.2, 0.25) is 0 Å². The van der Waals surface area contributed by atoms with Crippen LogP contribution in [0.5, 0.6) is 0 Å². The molecule has 1 aliphatic rings. The SMILES string of the molecule is COC(=O)C1CCN(C(=O)CCCS(C)(=O)=O)CC1. The first kappa shape index (κ1) is 15.9. The monoisotopic (exact) mass is 291 g/mol. The number of hydrogen-bond donors (Lipinski definition) is 0. The molecular weight excluding hydrogens is 270 g/mol. The average molecular weight is 291 g/mol. The van der Waals surface area contributed by atoms with E-state index < -0.39 is 9.84 Å². The Labute approximate surface area is 114 Å². The quantitative estimate of drug-likeness (QED) is 0.677. The lowest BCUT2D eigenvalue weighted by Gasteiger charge is -2.30. The van der Waals surface area contributed by atoms with E-state index in [1.54, 1.807) is 4.90 Å². The van der Waals surface area contributed by atoms with Crippen LogP contribution in [-0.2, 0) is 24.2 Å². The van der Waals surface area contributed by atoms with Gasteiger partial charge in [0, 0.05) is 25.8 Å². The average Bonchev–Trinajstić information content (AvgIpc) is 2.36. The molecule has 1 rings (SSSR count). The molecule has 0 aromatic rings. The number of carbonyl (C=O) groups excluding carboxylic acids is 2. The fraction of sp³-hybridized carbons (Fsp3) is 0.833. The van der Waals surface area contributed by atoms with E-state index in [1.807, 2.05) is 0 Å². The Kier molecular flexibility index (Phi) is 5.78. The second kappa shape index (κ2) is 6.88. The van der Waals surface area contributed by atoms with Gasteiger partial charge in [-0.25, -0.2) is 8.42 Å². The summed E-state index contributed by atoms with van der Waals surface area (Å²) in [7, 11) is -1.64. The highest BCUT2D eigenvalue weighted by Crippen LogP contribution is 2.19. The predicted molar refractivity (Wildman–Crippen MR) is 70.3 cm³/mol. The van der Waals surface area contributed by atoms with E-state index in [9.17, 15) is 18.0 Å². The van der Waals surface area contributed by atoms with Crippen molar-refractivity contribution in [1.82, 2.24) is 4.90 Å². The second-order valence-electron chi connectivity index (χ2n) is 4.91. The predicted octanol–water partition coefficient (Wildman–Crippen LogP) is 0.223. The molecule has 1 heterocycles. The number of hydrogen-bond acceptors (Lipinski definition) is 5. The van der Waals surface area contributed by atoms with Crippen molar-refractivity contribution in [3.05, 3.63) is 0 Å². The Morgan fingerprint density at radius 2 is 1.84 bits per heavy atom. The number of nitrogens with zero attached hydrogens (tertiary/aromatic N) is 1. The van der Waals surface area contributed by atoms with Crippen LogP contribution < -0.4 is 0 Å². The van der Waals surface area contributed by atoms with Gasteiger partial charge in [0.15, 0.2) is 0 Å². The zero-order valence-electron chi connectivity index (χ0n) is 11.4. The largest absolute Gasteiger partial charge is 0.469 e. The summed E-state index contributed by atoms with van der Waals surface area (Å²) >= 11 is 0. The molecule has 1 amide bonds. The van der Waals surface area contributed by atoms with Gasteiger partial charge >= 0.3 is 5.97 Å². The van der Waals surface area contributed by atoms with Crippen LogP contribution in [0.1, 0.15) is 25.7 Å². The summed E-state index contributed by atoms with van der Waals surface area (Å²) in [5.41, 5.74) is 0. The number of amides is 1. The number of piperidine rings is 1. The van der Waals surface area contributed by atoms with E-state index in [4.69, 9.17) is 0 Å². The molecule has 1 fully saturated rings. The molecule has 0 saturated carbocycles. The molecule has 0 unspecified atom stereocenters. The van der Waals surface area contributed by atoms with E-state index in [0.29, 0.717) is 32.4 Å². The van der Waals surface area contributed by atoms with Crippen LogP contribution in [0.25, 0.3) is 0 Å². The van der Waals surface area contributed by atoms with Crippen molar-refractivity contribution in [3.8, 4) is 0 Å². The molecule has 6 nitrogen and oxygen atoms in total. The van der Waals surface area contributed by atoms with E-state index in [1.165, 1.54) is 13.4 Å². The number of likely N-dealkylation sites (tertiary alicyclic amines) is 1. The number of carbonyl (C=O) groups is 2. The van der Waals surface area contributed by atoms with E-state index in [0.717, 1.165) is 0 Å². The number of rotatable bonds is 5. The van der Waals surface area contributed by atoms with Crippen LogP contribution in [0.3, 0.4) is 0 Å². The van der Waals surface area contributed by atoms with Gasteiger partial charge in [0.25, 0.3) is 0 Å². The Bertz CT molecular complexity index is 423. The van der Waals surface area contributed by atoms with E-state index in [2.05, 4.69) is 4.74 Å². The lowest BCUT2D eigenvalue weighted by atomic mass is 9.97. The van der Waals surface area contributed by atoms with Gasteiger partial charge in [-0.3, -0.25) is 9.59 Å². The molecule has 1 aliphatic heterocycles. The summed E-state index contributed by atoms with van der Waals surface area (Å²) in [6.07, 6.45) is 3.00. The van der Waals surface area contributed by atoms with Gasteiger partial charge in [-0.05, 0) is 19.3 Å². The standard InChI is InChI=1S/C12H21NO5S/c1-18-12(15)10-5-7-13(8-6-10)11(14)4-3-9-19(2,16)17/h10H,3-9H2,1-2H3. The topological polar surface area (TPSA) is 80.8 Å². The highest BCUT2D eigenvalue weighted by molar-refractivity contribution is 7.90.